The molecule has 0 saturated carbocycles. The Morgan fingerprint density at radius 1 is 1.08 bits per heavy atom. The largest absolute Gasteiger partial charge is 0.423 e. The molecule has 0 spiro atoms. The molecule has 1 fully saturated rings. The number of primary sulfonamides is 1. The molecule has 2 N–H and O–H groups in total. The maximum Gasteiger partial charge on any atom is 0.238 e. The number of rotatable bonds is 4. The predicted octanol–water partition coefficient (Wildman–Crippen LogP) is 1.34. The molecule has 26 heavy (non-hydrogen) atoms. The third-order valence-corrected chi connectivity index (χ3v) is 5.30. The third kappa shape index (κ3) is 4.40. The first-order chi connectivity index (χ1) is 12.1. The number of nitrogens with zero attached hydrogens (tertiary/aromatic N) is 4. The molecule has 8 nitrogen and oxygen atoms in total. The van der Waals surface area contributed by atoms with E-state index in [-0.39, 0.29) is 10.3 Å². The molecule has 1 aliphatic heterocycles. The standard InChI is InChI=1S/C17H25N5O3S/c1-17(2,3)16-20-19-15(25-16)12-21-8-10-22(11-9-21)13-4-6-14(7-5-13)26(18,23)24/h4-7H,8-12H2,1-3H3,(H2,18,23,24). The summed E-state index contributed by atoms with van der Waals surface area (Å²) in [5.41, 5.74) is 0.845. The molecule has 0 unspecified atom stereocenters. The number of nitrogens with two attached hydrogens (primary N) is 1. The van der Waals surface area contributed by atoms with Crippen molar-refractivity contribution in [1.82, 2.24) is 15.1 Å². The lowest BCUT2D eigenvalue weighted by Crippen LogP contribution is -2.46. The highest BCUT2D eigenvalue weighted by Crippen LogP contribution is 2.22. The fourth-order valence-electron chi connectivity index (χ4n) is 2.82. The van der Waals surface area contributed by atoms with Gasteiger partial charge in [-0.3, -0.25) is 4.90 Å². The lowest BCUT2D eigenvalue weighted by Gasteiger charge is -2.35. The zero-order valence-corrected chi connectivity index (χ0v) is 16.2. The number of aromatic nitrogens is 2. The molecule has 0 amide bonds. The van der Waals surface area contributed by atoms with E-state index in [4.69, 9.17) is 9.56 Å². The molecule has 0 bridgehead atoms. The normalized spacial score (nSPS) is 16.8. The van der Waals surface area contributed by atoms with E-state index in [0.29, 0.717) is 18.3 Å². The number of hydrogen-bond donors (Lipinski definition) is 1. The van der Waals surface area contributed by atoms with Gasteiger partial charge in [0.25, 0.3) is 0 Å². The molecule has 1 aliphatic rings. The van der Waals surface area contributed by atoms with Gasteiger partial charge in [0, 0.05) is 37.3 Å². The Kier molecular flexibility index (Phi) is 5.05. The molecule has 0 atom stereocenters. The third-order valence-electron chi connectivity index (χ3n) is 4.37. The van der Waals surface area contributed by atoms with E-state index in [1.165, 1.54) is 0 Å². The summed E-state index contributed by atoms with van der Waals surface area (Å²) in [6.07, 6.45) is 0. The fourth-order valence-corrected chi connectivity index (χ4v) is 3.34. The average Bonchev–Trinajstić information content (AvgIpc) is 3.04. The highest BCUT2D eigenvalue weighted by atomic mass is 32.2. The Bertz CT molecular complexity index is 847. The van der Waals surface area contributed by atoms with Crippen LogP contribution in [0.3, 0.4) is 0 Å². The number of piperazine rings is 1. The van der Waals surface area contributed by atoms with Crippen molar-refractivity contribution >= 4 is 15.7 Å². The van der Waals surface area contributed by atoms with Crippen molar-refractivity contribution in [2.45, 2.75) is 37.6 Å². The summed E-state index contributed by atoms with van der Waals surface area (Å²) >= 11 is 0. The van der Waals surface area contributed by atoms with Gasteiger partial charge in [-0.2, -0.15) is 0 Å². The second-order valence-electron chi connectivity index (χ2n) is 7.55. The van der Waals surface area contributed by atoms with Crippen LogP contribution in [-0.2, 0) is 22.0 Å². The number of benzene rings is 1. The van der Waals surface area contributed by atoms with Crippen LogP contribution in [0.2, 0.25) is 0 Å². The van der Waals surface area contributed by atoms with Crippen molar-refractivity contribution in [3.05, 3.63) is 36.0 Å². The van der Waals surface area contributed by atoms with E-state index in [0.717, 1.165) is 31.9 Å². The Morgan fingerprint density at radius 3 is 2.19 bits per heavy atom. The molecule has 0 aliphatic carbocycles. The van der Waals surface area contributed by atoms with Gasteiger partial charge in [-0.15, -0.1) is 10.2 Å². The maximum atomic E-state index is 11.3. The minimum Gasteiger partial charge on any atom is -0.423 e. The summed E-state index contributed by atoms with van der Waals surface area (Å²) in [4.78, 5) is 4.62. The summed E-state index contributed by atoms with van der Waals surface area (Å²) in [6.45, 7) is 10.2. The summed E-state index contributed by atoms with van der Waals surface area (Å²) in [5, 5.41) is 13.4. The molecule has 2 heterocycles. The molecule has 0 radical (unpaired) electrons. The van der Waals surface area contributed by atoms with Crippen LogP contribution in [0.15, 0.2) is 33.6 Å². The van der Waals surface area contributed by atoms with Crippen LogP contribution < -0.4 is 10.0 Å². The van der Waals surface area contributed by atoms with E-state index < -0.39 is 10.0 Å². The molecule has 9 heteroatoms. The van der Waals surface area contributed by atoms with Gasteiger partial charge >= 0.3 is 0 Å². The molecule has 3 rings (SSSR count). The monoisotopic (exact) mass is 379 g/mol. The van der Waals surface area contributed by atoms with E-state index in [1.807, 2.05) is 20.8 Å². The second-order valence-corrected chi connectivity index (χ2v) is 9.11. The smallest absolute Gasteiger partial charge is 0.238 e. The van der Waals surface area contributed by atoms with Crippen molar-refractivity contribution in [1.29, 1.82) is 0 Å². The quantitative estimate of drug-likeness (QED) is 0.854. The Hall–Kier alpha value is -1.97. The van der Waals surface area contributed by atoms with Crippen LogP contribution in [0, 0.1) is 0 Å². The second kappa shape index (κ2) is 6.98. The summed E-state index contributed by atoms with van der Waals surface area (Å²) < 4.78 is 28.4. The SMILES string of the molecule is CC(C)(C)c1nnc(CN2CCN(c3ccc(S(N)(=O)=O)cc3)CC2)o1. The van der Waals surface area contributed by atoms with E-state index >= 15 is 0 Å². The minimum atomic E-state index is -3.65. The first-order valence-corrected chi connectivity index (χ1v) is 10.1. The molecular weight excluding hydrogens is 354 g/mol. The van der Waals surface area contributed by atoms with Crippen molar-refractivity contribution in [2.75, 3.05) is 31.1 Å². The Labute approximate surface area is 154 Å². The van der Waals surface area contributed by atoms with Crippen LogP contribution in [0.5, 0.6) is 0 Å². The zero-order chi connectivity index (χ0) is 18.9. The van der Waals surface area contributed by atoms with Crippen LogP contribution in [0.1, 0.15) is 32.6 Å². The Balaban J connectivity index is 1.56. The lowest BCUT2D eigenvalue weighted by atomic mass is 9.97. The van der Waals surface area contributed by atoms with Crippen molar-refractivity contribution in [3.63, 3.8) is 0 Å². The maximum absolute atomic E-state index is 11.3. The number of hydrogen-bond acceptors (Lipinski definition) is 7. The Morgan fingerprint density at radius 2 is 1.69 bits per heavy atom. The molecule has 1 saturated heterocycles. The summed E-state index contributed by atoms with van der Waals surface area (Å²) in [7, 11) is -3.65. The van der Waals surface area contributed by atoms with Crippen molar-refractivity contribution in [3.8, 4) is 0 Å². The van der Waals surface area contributed by atoms with Crippen LogP contribution >= 0.6 is 0 Å². The number of sulfonamides is 1. The van der Waals surface area contributed by atoms with Gasteiger partial charge in [0.2, 0.25) is 21.8 Å². The minimum absolute atomic E-state index is 0.130. The van der Waals surface area contributed by atoms with Gasteiger partial charge in [-0.05, 0) is 24.3 Å². The first kappa shape index (κ1) is 18.8. The van der Waals surface area contributed by atoms with Crippen molar-refractivity contribution < 1.29 is 12.8 Å². The van der Waals surface area contributed by atoms with Gasteiger partial charge in [-0.25, -0.2) is 13.6 Å². The predicted molar refractivity (Wildman–Crippen MR) is 98.3 cm³/mol. The van der Waals surface area contributed by atoms with Crippen molar-refractivity contribution in [2.24, 2.45) is 5.14 Å². The molecule has 1 aromatic heterocycles. The summed E-state index contributed by atoms with van der Waals surface area (Å²) in [5.74, 6) is 1.29. The topological polar surface area (TPSA) is 106 Å². The average molecular weight is 379 g/mol. The first-order valence-electron chi connectivity index (χ1n) is 8.56. The highest BCUT2D eigenvalue weighted by Gasteiger charge is 2.23. The van der Waals surface area contributed by atoms with E-state index in [1.54, 1.807) is 24.3 Å². The fraction of sp³-hybridized carbons (Fsp3) is 0.529. The summed E-state index contributed by atoms with van der Waals surface area (Å²) in [6, 6.07) is 6.68. The number of anilines is 1. The molecular formula is C17H25N5O3S. The highest BCUT2D eigenvalue weighted by molar-refractivity contribution is 7.89. The molecule has 2 aromatic rings. The van der Waals surface area contributed by atoms with Gasteiger partial charge in [-0.1, -0.05) is 20.8 Å². The van der Waals surface area contributed by atoms with E-state index in [9.17, 15) is 8.42 Å². The van der Waals surface area contributed by atoms with Gasteiger partial charge in [0.15, 0.2) is 0 Å². The van der Waals surface area contributed by atoms with Gasteiger partial charge in [0.1, 0.15) is 0 Å². The lowest BCUT2D eigenvalue weighted by molar-refractivity contribution is 0.221. The molecule has 142 valence electrons. The van der Waals surface area contributed by atoms with Gasteiger partial charge in [0.05, 0.1) is 11.4 Å². The van der Waals surface area contributed by atoms with Gasteiger partial charge < -0.3 is 9.32 Å². The van der Waals surface area contributed by atoms with E-state index in [2.05, 4.69) is 20.0 Å². The van der Waals surface area contributed by atoms with Crippen LogP contribution in [0.4, 0.5) is 5.69 Å². The zero-order valence-electron chi connectivity index (χ0n) is 15.3. The van der Waals surface area contributed by atoms with Crippen LogP contribution in [-0.4, -0.2) is 49.7 Å². The van der Waals surface area contributed by atoms with Crippen LogP contribution in [0.25, 0.3) is 0 Å². The molecule has 1 aromatic carbocycles.